The molecule has 178 valence electrons. The van der Waals surface area contributed by atoms with Gasteiger partial charge in [0.2, 0.25) is 11.6 Å². The van der Waals surface area contributed by atoms with E-state index in [0.717, 1.165) is 19.6 Å². The van der Waals surface area contributed by atoms with E-state index in [1.807, 2.05) is 6.07 Å². The third-order valence-corrected chi connectivity index (χ3v) is 5.80. The molecule has 0 unspecified atom stereocenters. The first-order chi connectivity index (χ1) is 16.3. The van der Waals surface area contributed by atoms with E-state index in [1.54, 1.807) is 29.2 Å². The van der Waals surface area contributed by atoms with Crippen LogP contribution in [0, 0.1) is 30.2 Å². The molecule has 1 saturated heterocycles. The van der Waals surface area contributed by atoms with Gasteiger partial charge < -0.3 is 9.64 Å². The highest BCUT2D eigenvalue weighted by atomic mass is 19.2. The van der Waals surface area contributed by atoms with Crippen molar-refractivity contribution in [2.45, 2.75) is 20.1 Å². The lowest BCUT2D eigenvalue weighted by Gasteiger charge is -2.34. The van der Waals surface area contributed by atoms with Crippen molar-refractivity contribution in [2.24, 2.45) is 0 Å². The Morgan fingerprint density at radius 1 is 0.853 bits per heavy atom. The number of halogens is 4. The van der Waals surface area contributed by atoms with Gasteiger partial charge in [0.05, 0.1) is 0 Å². The lowest BCUT2D eigenvalue weighted by molar-refractivity contribution is 0.0628. The number of carbonyl (C=O) groups is 1. The van der Waals surface area contributed by atoms with Crippen molar-refractivity contribution >= 4 is 5.91 Å². The Kier molecular flexibility index (Phi) is 7.17. The fourth-order valence-electron chi connectivity index (χ4n) is 3.94. The van der Waals surface area contributed by atoms with Crippen LogP contribution in [0.25, 0.3) is 0 Å². The van der Waals surface area contributed by atoms with Crippen molar-refractivity contribution in [1.82, 2.24) is 9.80 Å². The summed E-state index contributed by atoms with van der Waals surface area (Å²) in [5.74, 6) is -7.46. The number of piperazine rings is 1. The van der Waals surface area contributed by atoms with Crippen LogP contribution < -0.4 is 4.74 Å². The van der Waals surface area contributed by atoms with Crippen LogP contribution in [-0.4, -0.2) is 41.9 Å². The van der Waals surface area contributed by atoms with Crippen molar-refractivity contribution in [3.63, 3.8) is 0 Å². The Balaban J connectivity index is 1.31. The number of aryl methyl sites for hydroxylation is 1. The molecule has 4 rings (SSSR count). The highest BCUT2D eigenvalue weighted by Crippen LogP contribution is 2.27. The molecule has 1 aliphatic heterocycles. The fraction of sp³-hybridized carbons (Fsp3) is 0.269. The van der Waals surface area contributed by atoms with Gasteiger partial charge in [-0.3, -0.25) is 9.69 Å². The van der Waals surface area contributed by atoms with E-state index in [9.17, 15) is 22.4 Å². The van der Waals surface area contributed by atoms with Crippen molar-refractivity contribution in [3.8, 4) is 5.75 Å². The van der Waals surface area contributed by atoms with E-state index in [0.29, 0.717) is 24.2 Å². The van der Waals surface area contributed by atoms with Gasteiger partial charge in [-0.2, -0.15) is 8.78 Å². The third kappa shape index (κ3) is 5.39. The van der Waals surface area contributed by atoms with Gasteiger partial charge in [-0.1, -0.05) is 42.0 Å². The molecule has 4 nitrogen and oxygen atoms in total. The Morgan fingerprint density at radius 2 is 1.50 bits per heavy atom. The molecule has 3 aromatic carbocycles. The molecule has 0 radical (unpaired) electrons. The van der Waals surface area contributed by atoms with Crippen LogP contribution in [-0.2, 0) is 13.2 Å². The summed E-state index contributed by atoms with van der Waals surface area (Å²) >= 11 is 0. The number of hydrogen-bond acceptors (Lipinski definition) is 3. The molecule has 1 aliphatic rings. The van der Waals surface area contributed by atoms with Gasteiger partial charge in [0.15, 0.2) is 17.4 Å². The van der Waals surface area contributed by atoms with Crippen LogP contribution in [0.4, 0.5) is 17.6 Å². The van der Waals surface area contributed by atoms with Crippen molar-refractivity contribution in [3.05, 3.63) is 100 Å². The summed E-state index contributed by atoms with van der Waals surface area (Å²) in [6.45, 7) is 5.35. The second-order valence-electron chi connectivity index (χ2n) is 8.34. The number of ether oxygens (including phenoxy) is 1. The van der Waals surface area contributed by atoms with Crippen LogP contribution in [0.1, 0.15) is 27.0 Å². The zero-order valence-corrected chi connectivity index (χ0v) is 18.7. The summed E-state index contributed by atoms with van der Waals surface area (Å²) in [5.41, 5.74) is 3.44. The van der Waals surface area contributed by atoms with E-state index in [-0.39, 0.29) is 18.6 Å². The molecule has 0 spiro atoms. The Labute approximate surface area is 195 Å². The topological polar surface area (TPSA) is 32.8 Å². The SMILES string of the molecule is Cc1cccc(CN2CCN(C(=O)c3ccc(COc4c(F)c(F)cc(F)c4F)cc3)CC2)c1. The zero-order chi connectivity index (χ0) is 24.2. The summed E-state index contributed by atoms with van der Waals surface area (Å²) in [4.78, 5) is 17.0. The van der Waals surface area contributed by atoms with E-state index in [4.69, 9.17) is 4.74 Å². The predicted octanol–water partition coefficient (Wildman–Crippen LogP) is 5.09. The van der Waals surface area contributed by atoms with Gasteiger partial charge >= 0.3 is 0 Å². The van der Waals surface area contributed by atoms with Gasteiger partial charge in [0.1, 0.15) is 6.61 Å². The molecule has 0 N–H and O–H groups in total. The zero-order valence-electron chi connectivity index (χ0n) is 18.7. The number of rotatable bonds is 6. The number of hydrogen-bond donors (Lipinski definition) is 0. The summed E-state index contributed by atoms with van der Waals surface area (Å²) in [6.07, 6.45) is 0. The molecule has 8 heteroatoms. The normalized spacial score (nSPS) is 14.3. The van der Waals surface area contributed by atoms with E-state index < -0.39 is 29.0 Å². The van der Waals surface area contributed by atoms with E-state index in [2.05, 4.69) is 30.0 Å². The standard InChI is InChI=1S/C26H24F4N2O2/c1-17-3-2-4-19(13-17)15-31-9-11-32(12-10-31)26(33)20-7-5-18(6-8-20)16-34-25-23(29)21(27)14-22(28)24(25)30/h2-8,13-14H,9-12,15-16H2,1H3. The summed E-state index contributed by atoms with van der Waals surface area (Å²) < 4.78 is 59.0. The average molecular weight is 472 g/mol. The van der Waals surface area contributed by atoms with Gasteiger partial charge in [-0.05, 0) is 30.2 Å². The third-order valence-electron chi connectivity index (χ3n) is 5.80. The molecule has 1 fully saturated rings. The Bertz CT molecular complexity index is 1150. The smallest absolute Gasteiger partial charge is 0.253 e. The predicted molar refractivity (Wildman–Crippen MR) is 119 cm³/mol. The first-order valence-corrected chi connectivity index (χ1v) is 10.9. The summed E-state index contributed by atoms with van der Waals surface area (Å²) in [6, 6.07) is 14.8. The van der Waals surface area contributed by atoms with Crippen LogP contribution in [0.2, 0.25) is 0 Å². The molecule has 0 aliphatic carbocycles. The monoisotopic (exact) mass is 472 g/mol. The highest BCUT2D eigenvalue weighted by molar-refractivity contribution is 5.94. The highest BCUT2D eigenvalue weighted by Gasteiger charge is 2.23. The second kappa shape index (κ2) is 10.3. The number of nitrogens with zero attached hydrogens (tertiary/aromatic N) is 2. The maximum Gasteiger partial charge on any atom is 0.253 e. The van der Waals surface area contributed by atoms with Crippen molar-refractivity contribution < 1.29 is 27.1 Å². The molecule has 0 bridgehead atoms. The number of amides is 1. The molecule has 34 heavy (non-hydrogen) atoms. The minimum atomic E-state index is -1.59. The quantitative estimate of drug-likeness (QED) is 0.370. The molecular formula is C26H24F4N2O2. The molecule has 0 aromatic heterocycles. The van der Waals surface area contributed by atoms with Gasteiger partial charge in [0.25, 0.3) is 5.91 Å². The second-order valence-corrected chi connectivity index (χ2v) is 8.34. The fourth-order valence-corrected chi connectivity index (χ4v) is 3.94. The summed E-state index contributed by atoms with van der Waals surface area (Å²) in [5, 5.41) is 0. The minimum Gasteiger partial charge on any atom is -0.483 e. The molecule has 0 saturated carbocycles. The molecule has 3 aromatic rings. The molecule has 0 atom stereocenters. The van der Waals surface area contributed by atoms with Crippen molar-refractivity contribution in [1.29, 1.82) is 0 Å². The van der Waals surface area contributed by atoms with Crippen LogP contribution in [0.15, 0.2) is 54.6 Å². The number of benzene rings is 3. The maximum atomic E-state index is 13.7. The van der Waals surface area contributed by atoms with Crippen LogP contribution in [0.3, 0.4) is 0 Å². The van der Waals surface area contributed by atoms with Crippen molar-refractivity contribution in [2.75, 3.05) is 26.2 Å². The Hall–Kier alpha value is -3.39. The lowest BCUT2D eigenvalue weighted by Crippen LogP contribution is -2.48. The van der Waals surface area contributed by atoms with Gasteiger partial charge in [-0.25, -0.2) is 8.78 Å². The maximum absolute atomic E-state index is 13.7. The van der Waals surface area contributed by atoms with Gasteiger partial charge in [0, 0.05) is 44.4 Å². The molecule has 1 amide bonds. The minimum absolute atomic E-state index is 0.105. The number of carbonyl (C=O) groups excluding carboxylic acids is 1. The van der Waals surface area contributed by atoms with E-state index >= 15 is 0 Å². The summed E-state index contributed by atoms with van der Waals surface area (Å²) in [7, 11) is 0. The van der Waals surface area contributed by atoms with Gasteiger partial charge in [-0.15, -0.1) is 0 Å². The lowest BCUT2D eigenvalue weighted by atomic mass is 10.1. The van der Waals surface area contributed by atoms with Crippen LogP contribution >= 0.6 is 0 Å². The largest absolute Gasteiger partial charge is 0.483 e. The molecule has 1 heterocycles. The molecular weight excluding hydrogens is 448 g/mol. The van der Waals surface area contributed by atoms with Crippen LogP contribution in [0.5, 0.6) is 5.75 Å². The first-order valence-electron chi connectivity index (χ1n) is 10.9. The Morgan fingerprint density at radius 3 is 2.12 bits per heavy atom. The average Bonchev–Trinajstić information content (AvgIpc) is 2.83. The van der Waals surface area contributed by atoms with E-state index in [1.165, 1.54) is 11.1 Å². The first kappa shape index (κ1) is 23.8.